The minimum atomic E-state index is -1.55. The van der Waals surface area contributed by atoms with E-state index in [9.17, 15) is 29.1 Å². The molecule has 3 amide bonds. The van der Waals surface area contributed by atoms with Gasteiger partial charge in [0.25, 0.3) is 11.8 Å². The molecule has 4 rings (SSSR count). The van der Waals surface area contributed by atoms with Crippen molar-refractivity contribution in [2.75, 3.05) is 13.6 Å². The number of carbonyl (C=O) groups is 5. The summed E-state index contributed by atoms with van der Waals surface area (Å²) in [6.07, 6.45) is 0.315. The fourth-order valence-corrected chi connectivity index (χ4v) is 4.93. The van der Waals surface area contributed by atoms with Gasteiger partial charge >= 0.3 is 5.97 Å². The molecule has 3 heterocycles. The summed E-state index contributed by atoms with van der Waals surface area (Å²) in [4.78, 5) is 67.8. The Hall–Kier alpha value is -3.22. The van der Waals surface area contributed by atoms with E-state index >= 15 is 0 Å². The zero-order chi connectivity index (χ0) is 26.1. The van der Waals surface area contributed by atoms with Crippen molar-refractivity contribution in [3.05, 3.63) is 28.1 Å². The van der Waals surface area contributed by atoms with Crippen LogP contribution in [0.15, 0.2) is 16.5 Å². The van der Waals surface area contributed by atoms with Gasteiger partial charge in [0.2, 0.25) is 17.6 Å². The first-order valence-corrected chi connectivity index (χ1v) is 12.0. The van der Waals surface area contributed by atoms with Crippen LogP contribution < -0.4 is 10.6 Å². The smallest absolute Gasteiger partial charge is 0.305 e. The Labute approximate surface area is 214 Å². The molecule has 2 aliphatic heterocycles. The number of nitrogens with one attached hydrogen (secondary N) is 2. The summed E-state index contributed by atoms with van der Waals surface area (Å²) in [5.41, 5.74) is 0.269. The van der Waals surface area contributed by atoms with Crippen molar-refractivity contribution in [3.8, 4) is 0 Å². The van der Waals surface area contributed by atoms with Crippen LogP contribution in [-0.2, 0) is 19.2 Å². The van der Waals surface area contributed by atoms with Crippen LogP contribution in [0.4, 0.5) is 0 Å². The first-order chi connectivity index (χ1) is 17.1. The second-order valence-electron chi connectivity index (χ2n) is 8.52. The molecule has 0 saturated carbocycles. The number of hydrogen-bond acceptors (Lipinski definition) is 8. The minimum Gasteiger partial charge on any atom is -0.481 e. The molecule has 12 nitrogen and oxygen atoms in total. The number of halogens is 2. The molecule has 3 unspecified atom stereocenters. The Balaban J connectivity index is 1.61. The van der Waals surface area contributed by atoms with Crippen molar-refractivity contribution in [2.45, 2.75) is 50.2 Å². The monoisotopic (exact) mass is 539 g/mol. The SMILES string of the molecule is CNC1CCC(=O)N2CCCC(C(=O)NC(CC(=O)O)C(=O)c3nc4cc(Cl)cc(Cl)c4o3)N2C1=O. The fraction of sp³-hybridized carbons (Fsp3) is 0.455. The Bertz CT molecular complexity index is 1250. The molecule has 1 aromatic carbocycles. The quantitative estimate of drug-likeness (QED) is 0.441. The molecule has 0 bridgehead atoms. The number of rotatable bonds is 7. The number of oxazole rings is 1. The van der Waals surface area contributed by atoms with E-state index in [0.29, 0.717) is 6.42 Å². The van der Waals surface area contributed by atoms with Gasteiger partial charge in [0.05, 0.1) is 17.5 Å². The number of nitrogens with zero attached hydrogens (tertiary/aromatic N) is 3. The summed E-state index contributed by atoms with van der Waals surface area (Å²) >= 11 is 12.0. The number of carboxylic acid groups (broad SMARTS) is 1. The van der Waals surface area contributed by atoms with Crippen LogP contribution in [0, 0.1) is 0 Å². The van der Waals surface area contributed by atoms with E-state index in [4.69, 9.17) is 27.6 Å². The third-order valence-corrected chi connectivity index (χ3v) is 6.64. The maximum atomic E-state index is 13.3. The molecule has 1 aromatic heterocycles. The number of ketones is 1. The Morgan fingerprint density at radius 2 is 2.00 bits per heavy atom. The molecule has 3 atom stereocenters. The largest absolute Gasteiger partial charge is 0.481 e. The number of fused-ring (bicyclic) bond motifs is 2. The predicted octanol–water partition coefficient (Wildman–Crippen LogP) is 1.39. The van der Waals surface area contributed by atoms with Crippen LogP contribution in [0.1, 0.15) is 42.8 Å². The Morgan fingerprint density at radius 1 is 1.25 bits per heavy atom. The summed E-state index contributed by atoms with van der Waals surface area (Å²) in [5.74, 6) is -4.22. The van der Waals surface area contributed by atoms with Gasteiger partial charge in [-0.05, 0) is 38.4 Å². The summed E-state index contributed by atoms with van der Waals surface area (Å²) in [5, 5.41) is 17.4. The average molecular weight is 540 g/mol. The maximum Gasteiger partial charge on any atom is 0.305 e. The second-order valence-corrected chi connectivity index (χ2v) is 9.36. The first kappa shape index (κ1) is 25.9. The highest BCUT2D eigenvalue weighted by molar-refractivity contribution is 6.38. The molecule has 3 N–H and O–H groups in total. The number of benzene rings is 1. The van der Waals surface area contributed by atoms with Gasteiger partial charge in [-0.15, -0.1) is 0 Å². The van der Waals surface area contributed by atoms with Gasteiger partial charge in [0, 0.05) is 18.0 Å². The number of carboxylic acids is 1. The number of aromatic nitrogens is 1. The number of hydrazine groups is 1. The molecule has 0 spiro atoms. The van der Waals surface area contributed by atoms with Gasteiger partial charge in [0.15, 0.2) is 5.58 Å². The lowest BCUT2D eigenvalue weighted by Gasteiger charge is -2.43. The van der Waals surface area contributed by atoms with Crippen molar-refractivity contribution < 1.29 is 33.5 Å². The summed E-state index contributed by atoms with van der Waals surface area (Å²) in [6, 6.07) is -0.505. The van der Waals surface area contributed by atoms with Gasteiger partial charge in [0.1, 0.15) is 17.6 Å². The fourth-order valence-electron chi connectivity index (χ4n) is 4.41. The van der Waals surface area contributed by atoms with Gasteiger partial charge in [-0.3, -0.25) is 29.0 Å². The highest BCUT2D eigenvalue weighted by atomic mass is 35.5. The van der Waals surface area contributed by atoms with Gasteiger partial charge in [-0.25, -0.2) is 9.99 Å². The van der Waals surface area contributed by atoms with Crippen molar-refractivity contribution in [1.29, 1.82) is 0 Å². The molecule has 2 aliphatic rings. The lowest BCUT2D eigenvalue weighted by molar-refractivity contribution is -0.176. The topological polar surface area (TPSA) is 162 Å². The molecular formula is C22H23Cl2N5O7. The zero-order valence-corrected chi connectivity index (χ0v) is 20.6. The third kappa shape index (κ3) is 5.01. The van der Waals surface area contributed by atoms with E-state index in [1.807, 2.05) is 0 Å². The molecule has 2 fully saturated rings. The molecule has 36 heavy (non-hydrogen) atoms. The summed E-state index contributed by atoms with van der Waals surface area (Å²) < 4.78 is 5.45. The van der Waals surface area contributed by atoms with Crippen LogP contribution in [0.25, 0.3) is 11.1 Å². The molecule has 192 valence electrons. The molecule has 2 saturated heterocycles. The number of aliphatic carboxylic acids is 1. The number of amides is 3. The Kier molecular flexibility index (Phi) is 7.48. The van der Waals surface area contributed by atoms with Crippen LogP contribution in [-0.4, -0.2) is 81.3 Å². The lowest BCUT2D eigenvalue weighted by Crippen LogP contribution is -2.64. The second kappa shape index (κ2) is 10.4. The Morgan fingerprint density at radius 3 is 2.69 bits per heavy atom. The third-order valence-electron chi connectivity index (χ3n) is 6.14. The van der Waals surface area contributed by atoms with E-state index in [0.717, 1.165) is 5.01 Å². The summed E-state index contributed by atoms with van der Waals surface area (Å²) in [7, 11) is 1.59. The van der Waals surface area contributed by atoms with Crippen molar-refractivity contribution in [2.24, 2.45) is 0 Å². The molecule has 14 heteroatoms. The normalized spacial score (nSPS) is 21.2. The molecule has 2 aromatic rings. The standard InChI is InChI=1S/C22H23Cl2N5O7/c1-25-12-4-5-16(30)28-6-2-3-15(29(28)22(12)35)20(34)26-13(9-17(31)32)18(33)21-27-14-8-10(23)7-11(24)19(14)36-21/h7-8,12-13,15,25H,2-6,9H2,1H3,(H,26,34)(H,31,32). The minimum absolute atomic E-state index is 0.0829. The highest BCUT2D eigenvalue weighted by Gasteiger charge is 2.44. The first-order valence-electron chi connectivity index (χ1n) is 11.2. The number of carbonyl (C=O) groups excluding carboxylic acids is 4. The van der Waals surface area contributed by atoms with E-state index in [1.165, 1.54) is 17.1 Å². The van der Waals surface area contributed by atoms with E-state index in [2.05, 4.69) is 15.6 Å². The van der Waals surface area contributed by atoms with Crippen LogP contribution in [0.2, 0.25) is 10.0 Å². The predicted molar refractivity (Wildman–Crippen MR) is 126 cm³/mol. The lowest BCUT2D eigenvalue weighted by atomic mass is 10.0. The van der Waals surface area contributed by atoms with E-state index in [-0.39, 0.29) is 52.9 Å². The van der Waals surface area contributed by atoms with Gasteiger partial charge in [-0.2, -0.15) is 0 Å². The van der Waals surface area contributed by atoms with E-state index in [1.54, 1.807) is 7.05 Å². The molecule has 0 radical (unpaired) electrons. The average Bonchev–Trinajstić information content (AvgIpc) is 3.21. The highest BCUT2D eigenvalue weighted by Crippen LogP contribution is 2.29. The van der Waals surface area contributed by atoms with Gasteiger partial charge < -0.3 is 20.2 Å². The van der Waals surface area contributed by atoms with Crippen molar-refractivity contribution >= 4 is 63.8 Å². The van der Waals surface area contributed by atoms with Crippen LogP contribution in [0.3, 0.4) is 0 Å². The maximum absolute atomic E-state index is 13.3. The number of Topliss-reactive ketones (excluding diaryl/α,β-unsaturated/α-hetero) is 1. The number of likely N-dealkylation sites (N-methyl/N-ethyl adjacent to an activating group) is 1. The zero-order valence-electron chi connectivity index (χ0n) is 19.1. The van der Waals surface area contributed by atoms with Crippen LogP contribution >= 0.6 is 23.2 Å². The van der Waals surface area contributed by atoms with Crippen molar-refractivity contribution in [1.82, 2.24) is 25.6 Å². The van der Waals surface area contributed by atoms with E-state index < -0.39 is 54.0 Å². The van der Waals surface area contributed by atoms with Crippen LogP contribution in [0.5, 0.6) is 0 Å². The van der Waals surface area contributed by atoms with Crippen molar-refractivity contribution in [3.63, 3.8) is 0 Å². The molecular weight excluding hydrogens is 517 g/mol. The molecule has 0 aliphatic carbocycles. The van der Waals surface area contributed by atoms with Gasteiger partial charge in [-0.1, -0.05) is 23.2 Å². The summed E-state index contributed by atoms with van der Waals surface area (Å²) in [6.45, 7) is 0.272. The number of hydrogen-bond donors (Lipinski definition) is 3.